The quantitative estimate of drug-likeness (QED) is 0.140. The van der Waals surface area contributed by atoms with Gasteiger partial charge in [0.25, 0.3) is 0 Å². The Labute approximate surface area is 185 Å². The van der Waals surface area contributed by atoms with Crippen LogP contribution in [0.25, 0.3) is 0 Å². The Morgan fingerprint density at radius 3 is 1.53 bits per heavy atom. The summed E-state index contributed by atoms with van der Waals surface area (Å²) in [5.41, 5.74) is 6.88. The molecule has 4 rings (SSSR count). The second-order valence-corrected chi connectivity index (χ2v) is 18.2. The van der Waals surface area contributed by atoms with E-state index in [1.807, 2.05) is 30.3 Å². The molecule has 0 aromatic heterocycles. The van der Waals surface area contributed by atoms with E-state index < -0.39 is 18.4 Å². The molecular formula is C25H21ClN2OSn. The fraction of sp³-hybridized carbons (Fsp3) is 0. The van der Waals surface area contributed by atoms with Crippen LogP contribution in [0.3, 0.4) is 0 Å². The minimum absolute atomic E-state index is 0.0885. The number of nitrogens with zero attached hydrogens (tertiary/aromatic N) is 1. The molecule has 30 heavy (non-hydrogen) atoms. The summed E-state index contributed by atoms with van der Waals surface area (Å²) in [6.45, 7) is 0. The zero-order valence-electron chi connectivity index (χ0n) is 16.2. The first kappa shape index (κ1) is 20.5. The maximum atomic E-state index is 9.51. The van der Waals surface area contributed by atoms with Crippen LogP contribution in [-0.2, 0) is 0 Å². The molecule has 0 aliphatic heterocycles. The van der Waals surface area contributed by atoms with E-state index in [4.69, 9.17) is 17.3 Å². The van der Waals surface area contributed by atoms with Gasteiger partial charge in [0.1, 0.15) is 0 Å². The Morgan fingerprint density at radius 1 is 0.700 bits per heavy atom. The summed E-state index contributed by atoms with van der Waals surface area (Å²) < 4.78 is 4.84. The number of halogens is 1. The van der Waals surface area contributed by atoms with Gasteiger partial charge in [0.2, 0.25) is 0 Å². The van der Waals surface area contributed by atoms with E-state index in [1.54, 1.807) is 6.07 Å². The number of nitrogens with two attached hydrogens (primary N) is 1. The number of benzene rings is 4. The zero-order chi connectivity index (χ0) is 21.0. The van der Waals surface area contributed by atoms with Gasteiger partial charge in [-0.15, -0.1) is 0 Å². The van der Waals surface area contributed by atoms with Gasteiger partial charge in [0, 0.05) is 0 Å². The third-order valence-corrected chi connectivity index (χ3v) is 19.4. The molecule has 148 valence electrons. The molecule has 3 nitrogen and oxygen atoms in total. The van der Waals surface area contributed by atoms with Gasteiger partial charge in [-0.2, -0.15) is 0 Å². The van der Waals surface area contributed by atoms with Gasteiger partial charge < -0.3 is 0 Å². The van der Waals surface area contributed by atoms with E-state index in [2.05, 4.69) is 78.0 Å². The van der Waals surface area contributed by atoms with Gasteiger partial charge in [-0.1, -0.05) is 0 Å². The van der Waals surface area contributed by atoms with Crippen LogP contribution in [0.5, 0.6) is 0 Å². The molecule has 3 N–H and O–H groups in total. The Kier molecular flexibility index (Phi) is 6.11. The van der Waals surface area contributed by atoms with E-state index in [0.717, 1.165) is 3.58 Å². The average Bonchev–Trinajstić information content (AvgIpc) is 2.81. The van der Waals surface area contributed by atoms with E-state index in [1.165, 1.54) is 10.7 Å². The number of rotatable bonds is 5. The molecule has 0 bridgehead atoms. The molecule has 0 spiro atoms. The van der Waals surface area contributed by atoms with Crippen LogP contribution in [-0.4, -0.2) is 29.4 Å². The van der Waals surface area contributed by atoms with E-state index >= 15 is 0 Å². The van der Waals surface area contributed by atoms with Gasteiger partial charge in [-0.05, 0) is 0 Å². The summed E-state index contributed by atoms with van der Waals surface area (Å²) in [5, 5.41) is 13.5. The summed E-state index contributed by atoms with van der Waals surface area (Å²) in [5.74, 6) is 0.0885. The Balaban J connectivity index is 2.22. The monoisotopic (exact) mass is 520 g/mol. The molecule has 5 heteroatoms. The Hall–Kier alpha value is -2.76. The van der Waals surface area contributed by atoms with Gasteiger partial charge >= 0.3 is 186 Å². The standard InChI is InChI=1S/C7H6ClN2O.3C6H5.Sn/c8-6-3-1-5(2-4-6)7(9)10-11;3*1-2-4-6-5-3-1;/h1,3-4,11H,(H2,9,10);3*1-5H;. The molecule has 0 fully saturated rings. The second-order valence-electron chi connectivity index (χ2n) is 7.02. The molecule has 4 aromatic carbocycles. The van der Waals surface area contributed by atoms with Gasteiger partial charge in [-0.25, -0.2) is 0 Å². The third kappa shape index (κ3) is 3.59. The van der Waals surface area contributed by atoms with Crippen molar-refractivity contribution < 1.29 is 5.21 Å². The zero-order valence-corrected chi connectivity index (χ0v) is 19.9. The van der Waals surface area contributed by atoms with Crippen LogP contribution in [0.15, 0.2) is 114 Å². The first-order valence-corrected chi connectivity index (χ1v) is 15.7. The van der Waals surface area contributed by atoms with Crippen molar-refractivity contribution in [3.05, 3.63) is 120 Å². The van der Waals surface area contributed by atoms with Gasteiger partial charge in [0.05, 0.1) is 0 Å². The van der Waals surface area contributed by atoms with Gasteiger partial charge in [-0.3, -0.25) is 0 Å². The summed E-state index contributed by atoms with van der Waals surface area (Å²) in [4.78, 5) is 0. The number of hydrogen-bond acceptors (Lipinski definition) is 2. The molecule has 0 heterocycles. The molecule has 0 unspecified atom stereocenters. The molecule has 0 amide bonds. The predicted molar refractivity (Wildman–Crippen MR) is 128 cm³/mol. The summed E-state index contributed by atoms with van der Waals surface area (Å²) in [6.07, 6.45) is 0. The van der Waals surface area contributed by atoms with Crippen molar-refractivity contribution in [3.8, 4) is 0 Å². The van der Waals surface area contributed by atoms with Crippen molar-refractivity contribution in [1.29, 1.82) is 0 Å². The van der Waals surface area contributed by atoms with Crippen molar-refractivity contribution in [3.63, 3.8) is 0 Å². The topological polar surface area (TPSA) is 58.6 Å². The van der Waals surface area contributed by atoms with Crippen molar-refractivity contribution >= 4 is 50.1 Å². The minimum atomic E-state index is -3.88. The first-order chi connectivity index (χ1) is 14.7. The van der Waals surface area contributed by atoms with Crippen LogP contribution < -0.4 is 20.1 Å². The van der Waals surface area contributed by atoms with Gasteiger partial charge in [0.15, 0.2) is 0 Å². The summed E-state index contributed by atoms with van der Waals surface area (Å²) >= 11 is 2.64. The Bertz CT molecular complexity index is 1070. The molecule has 0 aliphatic carbocycles. The molecular weight excluding hydrogens is 498 g/mol. The average molecular weight is 520 g/mol. The van der Waals surface area contributed by atoms with Crippen LogP contribution in [0.4, 0.5) is 0 Å². The van der Waals surface area contributed by atoms with Crippen LogP contribution >= 0.6 is 11.6 Å². The fourth-order valence-electron chi connectivity index (χ4n) is 4.13. The third-order valence-electron chi connectivity index (χ3n) is 5.39. The number of oxime groups is 1. The van der Waals surface area contributed by atoms with E-state index in [0.29, 0.717) is 10.6 Å². The fourth-order valence-corrected chi connectivity index (χ4v) is 18.8. The second kappa shape index (κ2) is 8.94. The molecule has 4 aromatic rings. The van der Waals surface area contributed by atoms with Crippen molar-refractivity contribution in [2.75, 3.05) is 0 Å². The predicted octanol–water partition coefficient (Wildman–Crippen LogP) is 2.81. The Morgan fingerprint density at radius 2 is 1.13 bits per heavy atom. The number of amidine groups is 1. The summed E-state index contributed by atoms with van der Waals surface area (Å²) in [6, 6.07) is 37.3. The van der Waals surface area contributed by atoms with Crippen LogP contribution in [0, 0.1) is 0 Å². The van der Waals surface area contributed by atoms with E-state index in [-0.39, 0.29) is 5.84 Å². The molecule has 0 aliphatic rings. The number of hydrogen-bond donors (Lipinski definition) is 2. The molecule has 0 saturated heterocycles. The van der Waals surface area contributed by atoms with Crippen LogP contribution in [0.2, 0.25) is 5.02 Å². The SMILES string of the molecule is NC(=NO)c1ccc(Cl)c[c]1[Sn]([c]1ccccc1)([c]1ccccc1)[c]1ccccc1. The van der Waals surface area contributed by atoms with Crippen molar-refractivity contribution in [1.82, 2.24) is 0 Å². The molecule has 0 radical (unpaired) electrons. The molecule has 0 saturated carbocycles. The van der Waals surface area contributed by atoms with Crippen molar-refractivity contribution in [2.45, 2.75) is 0 Å². The first-order valence-electron chi connectivity index (χ1n) is 9.62. The molecule has 0 atom stereocenters. The van der Waals surface area contributed by atoms with Crippen molar-refractivity contribution in [2.24, 2.45) is 10.9 Å². The van der Waals surface area contributed by atoms with E-state index in [9.17, 15) is 5.21 Å². The summed E-state index contributed by atoms with van der Waals surface area (Å²) in [7, 11) is 0. The van der Waals surface area contributed by atoms with Crippen LogP contribution in [0.1, 0.15) is 5.56 Å². The normalized spacial score (nSPS) is 12.0. The maximum absolute atomic E-state index is 9.51.